The van der Waals surface area contributed by atoms with E-state index in [0.717, 1.165) is 5.56 Å². The average molecular weight is 370 g/mol. The topological polar surface area (TPSA) is 49.4 Å². The molecule has 1 aromatic rings. The Morgan fingerprint density at radius 2 is 1.96 bits per heavy atom. The van der Waals surface area contributed by atoms with Crippen LogP contribution in [0.5, 0.6) is 0 Å². The average Bonchev–Trinajstić information content (AvgIpc) is 2.58. The fourth-order valence-electron chi connectivity index (χ4n) is 3.17. The van der Waals surface area contributed by atoms with E-state index in [2.05, 4.69) is 5.32 Å². The van der Waals surface area contributed by atoms with Crippen LogP contribution in [0, 0.1) is 18.8 Å². The first-order valence-electron chi connectivity index (χ1n) is 8.82. The number of halogens is 3. The molecule has 4 nitrogen and oxygen atoms in total. The first kappa shape index (κ1) is 20.3. The number of nitrogens with zero attached hydrogens (tertiary/aromatic N) is 1. The number of benzene rings is 1. The van der Waals surface area contributed by atoms with Gasteiger partial charge in [0.05, 0.1) is 5.92 Å². The van der Waals surface area contributed by atoms with Crippen molar-refractivity contribution in [1.29, 1.82) is 0 Å². The standard InChI is InChI=1S/C19H25F3N2O2/c1-12(2)16(23-17(25)14-7-4-6-13(3)10-14)18(26)24-9-5-8-15(11-24)19(20,21)22/h4,6-7,10,12,15-16H,5,8-9,11H2,1-3H3,(H,23,25)/t15-,16+/m1/s1. The van der Waals surface area contributed by atoms with Crippen molar-refractivity contribution in [3.8, 4) is 0 Å². The minimum Gasteiger partial charge on any atom is -0.340 e. The highest BCUT2D eigenvalue weighted by Gasteiger charge is 2.43. The Morgan fingerprint density at radius 1 is 1.27 bits per heavy atom. The van der Waals surface area contributed by atoms with Crippen LogP contribution in [0.3, 0.4) is 0 Å². The summed E-state index contributed by atoms with van der Waals surface area (Å²) < 4.78 is 39.0. The molecule has 1 saturated heterocycles. The molecule has 0 spiro atoms. The van der Waals surface area contributed by atoms with E-state index in [1.807, 2.05) is 13.0 Å². The summed E-state index contributed by atoms with van der Waals surface area (Å²) in [6, 6.07) is 6.10. The highest BCUT2D eigenvalue weighted by atomic mass is 19.4. The zero-order valence-corrected chi connectivity index (χ0v) is 15.3. The zero-order valence-electron chi connectivity index (χ0n) is 15.3. The van der Waals surface area contributed by atoms with Gasteiger partial charge >= 0.3 is 6.18 Å². The van der Waals surface area contributed by atoms with E-state index in [4.69, 9.17) is 0 Å². The van der Waals surface area contributed by atoms with Gasteiger partial charge in [-0.05, 0) is 37.8 Å². The van der Waals surface area contributed by atoms with Gasteiger partial charge in [0.25, 0.3) is 5.91 Å². The molecule has 1 heterocycles. The molecule has 144 valence electrons. The zero-order chi connectivity index (χ0) is 19.5. The molecule has 1 aromatic carbocycles. The SMILES string of the molecule is Cc1cccc(C(=O)N[C@H](C(=O)N2CCC[C@@H](C(F)(F)F)C2)C(C)C)c1. The van der Waals surface area contributed by atoms with Crippen LogP contribution in [0.4, 0.5) is 13.2 Å². The van der Waals surface area contributed by atoms with Gasteiger partial charge in [0.1, 0.15) is 6.04 Å². The lowest BCUT2D eigenvalue weighted by atomic mass is 9.95. The number of alkyl halides is 3. The molecule has 7 heteroatoms. The van der Waals surface area contributed by atoms with Crippen molar-refractivity contribution in [1.82, 2.24) is 10.2 Å². The first-order valence-corrected chi connectivity index (χ1v) is 8.82. The van der Waals surface area contributed by atoms with Crippen molar-refractivity contribution >= 4 is 11.8 Å². The fourth-order valence-corrected chi connectivity index (χ4v) is 3.17. The van der Waals surface area contributed by atoms with Gasteiger partial charge in [-0.2, -0.15) is 13.2 Å². The second kappa shape index (κ2) is 8.10. The first-order chi connectivity index (χ1) is 12.1. The summed E-state index contributed by atoms with van der Waals surface area (Å²) in [7, 11) is 0. The van der Waals surface area contributed by atoms with E-state index in [-0.39, 0.29) is 25.4 Å². The maximum absolute atomic E-state index is 13.0. The van der Waals surface area contributed by atoms with Crippen LogP contribution in [0.25, 0.3) is 0 Å². The number of carbonyl (C=O) groups excluding carboxylic acids is 2. The largest absolute Gasteiger partial charge is 0.393 e. The van der Waals surface area contributed by atoms with Gasteiger partial charge < -0.3 is 10.2 Å². The third kappa shape index (κ3) is 4.99. The van der Waals surface area contributed by atoms with Crippen molar-refractivity contribution in [3.63, 3.8) is 0 Å². The monoisotopic (exact) mass is 370 g/mol. The maximum Gasteiger partial charge on any atom is 0.393 e. The van der Waals surface area contributed by atoms with Crippen LogP contribution < -0.4 is 5.32 Å². The number of piperidine rings is 1. The molecule has 2 rings (SSSR count). The Morgan fingerprint density at radius 3 is 2.54 bits per heavy atom. The number of amides is 2. The number of likely N-dealkylation sites (tertiary alicyclic amines) is 1. The Kier molecular flexibility index (Phi) is 6.31. The van der Waals surface area contributed by atoms with Crippen molar-refractivity contribution in [2.24, 2.45) is 11.8 Å². The van der Waals surface area contributed by atoms with Gasteiger partial charge in [-0.3, -0.25) is 9.59 Å². The van der Waals surface area contributed by atoms with Gasteiger partial charge in [-0.25, -0.2) is 0 Å². The third-order valence-corrected chi connectivity index (χ3v) is 4.70. The smallest absolute Gasteiger partial charge is 0.340 e. The molecule has 0 aromatic heterocycles. The van der Waals surface area contributed by atoms with Gasteiger partial charge in [0, 0.05) is 18.7 Å². The molecule has 26 heavy (non-hydrogen) atoms. The van der Waals surface area contributed by atoms with E-state index in [9.17, 15) is 22.8 Å². The van der Waals surface area contributed by atoms with Crippen molar-refractivity contribution in [2.75, 3.05) is 13.1 Å². The van der Waals surface area contributed by atoms with E-state index in [1.54, 1.807) is 32.0 Å². The predicted molar refractivity (Wildman–Crippen MR) is 92.6 cm³/mol. The van der Waals surface area contributed by atoms with E-state index < -0.39 is 30.0 Å². The second-order valence-electron chi connectivity index (χ2n) is 7.23. The fraction of sp³-hybridized carbons (Fsp3) is 0.579. The van der Waals surface area contributed by atoms with E-state index in [1.165, 1.54) is 4.90 Å². The summed E-state index contributed by atoms with van der Waals surface area (Å²) >= 11 is 0. The Hall–Kier alpha value is -2.05. The molecule has 0 aliphatic carbocycles. The number of hydrogen-bond acceptors (Lipinski definition) is 2. The minimum atomic E-state index is -4.31. The quantitative estimate of drug-likeness (QED) is 0.881. The molecule has 0 radical (unpaired) electrons. The molecule has 1 fully saturated rings. The summed E-state index contributed by atoms with van der Waals surface area (Å²) in [6.45, 7) is 5.34. The number of aryl methyl sites for hydroxylation is 1. The second-order valence-corrected chi connectivity index (χ2v) is 7.23. The maximum atomic E-state index is 13.0. The normalized spacial score (nSPS) is 19.3. The van der Waals surface area contributed by atoms with Crippen molar-refractivity contribution in [3.05, 3.63) is 35.4 Å². The molecule has 1 aliphatic heterocycles. The molecule has 1 aliphatic rings. The number of carbonyl (C=O) groups is 2. The molecule has 2 amide bonds. The number of nitrogens with one attached hydrogen (secondary N) is 1. The van der Waals surface area contributed by atoms with Crippen molar-refractivity contribution in [2.45, 2.75) is 45.8 Å². The Balaban J connectivity index is 2.11. The summed E-state index contributed by atoms with van der Waals surface area (Å²) in [5.41, 5.74) is 1.34. The summed E-state index contributed by atoms with van der Waals surface area (Å²) in [5.74, 6) is -2.58. The van der Waals surface area contributed by atoms with Crippen LogP contribution in [0.2, 0.25) is 0 Å². The van der Waals surface area contributed by atoms with Gasteiger partial charge in [0.2, 0.25) is 5.91 Å². The molecular weight excluding hydrogens is 345 g/mol. The van der Waals surface area contributed by atoms with Gasteiger partial charge in [0.15, 0.2) is 0 Å². The van der Waals surface area contributed by atoms with Gasteiger partial charge in [-0.15, -0.1) is 0 Å². The van der Waals surface area contributed by atoms with Crippen LogP contribution in [-0.4, -0.2) is 42.0 Å². The predicted octanol–water partition coefficient (Wildman–Crippen LogP) is 3.55. The molecule has 2 atom stereocenters. The molecular formula is C19H25F3N2O2. The number of rotatable bonds is 4. The lowest BCUT2D eigenvalue weighted by Crippen LogP contribution is -2.54. The molecule has 0 unspecified atom stereocenters. The molecule has 1 N–H and O–H groups in total. The molecule has 0 bridgehead atoms. The van der Waals surface area contributed by atoms with Gasteiger partial charge in [-0.1, -0.05) is 31.5 Å². The third-order valence-electron chi connectivity index (χ3n) is 4.70. The summed E-state index contributed by atoms with van der Waals surface area (Å²) in [6.07, 6.45) is -3.96. The van der Waals surface area contributed by atoms with E-state index >= 15 is 0 Å². The molecule has 0 saturated carbocycles. The highest BCUT2D eigenvalue weighted by Crippen LogP contribution is 2.33. The van der Waals surface area contributed by atoms with Crippen LogP contribution >= 0.6 is 0 Å². The minimum absolute atomic E-state index is 0.0370. The van der Waals surface area contributed by atoms with Crippen LogP contribution in [0.1, 0.15) is 42.6 Å². The Labute approximate surface area is 151 Å². The lowest BCUT2D eigenvalue weighted by molar-refractivity contribution is -0.188. The number of hydrogen-bond donors (Lipinski definition) is 1. The summed E-state index contributed by atoms with van der Waals surface area (Å²) in [4.78, 5) is 26.5. The lowest BCUT2D eigenvalue weighted by Gasteiger charge is -2.36. The summed E-state index contributed by atoms with van der Waals surface area (Å²) in [5, 5.41) is 2.70. The van der Waals surface area contributed by atoms with Crippen LogP contribution in [0.15, 0.2) is 24.3 Å². The Bertz CT molecular complexity index is 658. The van der Waals surface area contributed by atoms with Crippen LogP contribution in [-0.2, 0) is 4.79 Å². The van der Waals surface area contributed by atoms with E-state index in [0.29, 0.717) is 12.0 Å². The highest BCUT2D eigenvalue weighted by molar-refractivity contribution is 5.97. The van der Waals surface area contributed by atoms with Crippen molar-refractivity contribution < 1.29 is 22.8 Å².